The second kappa shape index (κ2) is 6.92. The predicted molar refractivity (Wildman–Crippen MR) is 96.9 cm³/mol. The average molecular weight is 363 g/mol. The van der Waals surface area contributed by atoms with Crippen molar-refractivity contribution in [3.63, 3.8) is 0 Å². The minimum Gasteiger partial charge on any atom is -0.496 e. The van der Waals surface area contributed by atoms with Crippen molar-refractivity contribution < 1.29 is 9.47 Å². The van der Waals surface area contributed by atoms with Gasteiger partial charge in [-0.25, -0.2) is 15.0 Å². The van der Waals surface area contributed by atoms with Crippen LogP contribution in [0, 0.1) is 11.3 Å². The van der Waals surface area contributed by atoms with Gasteiger partial charge in [0.15, 0.2) is 11.5 Å². The number of aromatic nitrogens is 5. The van der Waals surface area contributed by atoms with Crippen LogP contribution in [0.1, 0.15) is 30.1 Å². The fourth-order valence-electron chi connectivity index (χ4n) is 2.76. The standard InChI is InChI=1S/C18H17N7O2/c1-26-14-5-12(10-3-4-10)22-18(27-2)17(14)13-6-15(25-24-13)23-16-9-20-11(7-19)8-21-16/h5-6,8-10H,3-4H2,1-2H3,(H2,21,23,24,25). The lowest BCUT2D eigenvalue weighted by Crippen LogP contribution is -1.99. The molecule has 9 heteroatoms. The summed E-state index contributed by atoms with van der Waals surface area (Å²) in [6.07, 6.45) is 5.15. The van der Waals surface area contributed by atoms with Gasteiger partial charge in [0.1, 0.15) is 23.2 Å². The predicted octanol–water partition coefficient (Wildman–Crippen LogP) is 2.77. The van der Waals surface area contributed by atoms with Crippen molar-refractivity contribution in [2.24, 2.45) is 0 Å². The minimum absolute atomic E-state index is 0.250. The molecule has 2 N–H and O–H groups in total. The molecule has 0 atom stereocenters. The van der Waals surface area contributed by atoms with Gasteiger partial charge >= 0.3 is 0 Å². The zero-order chi connectivity index (χ0) is 18.8. The van der Waals surface area contributed by atoms with E-state index in [4.69, 9.17) is 14.7 Å². The summed E-state index contributed by atoms with van der Waals surface area (Å²) < 4.78 is 11.1. The molecule has 27 heavy (non-hydrogen) atoms. The van der Waals surface area contributed by atoms with Gasteiger partial charge in [0.2, 0.25) is 5.88 Å². The maximum atomic E-state index is 8.78. The Hall–Kier alpha value is -3.67. The normalized spacial score (nSPS) is 13.1. The smallest absolute Gasteiger partial charge is 0.226 e. The van der Waals surface area contributed by atoms with Crippen LogP contribution in [-0.4, -0.2) is 39.4 Å². The van der Waals surface area contributed by atoms with Gasteiger partial charge in [-0.1, -0.05) is 0 Å². The molecule has 1 fully saturated rings. The van der Waals surface area contributed by atoms with Crippen LogP contribution in [0.5, 0.6) is 11.6 Å². The van der Waals surface area contributed by atoms with E-state index in [1.807, 2.05) is 12.1 Å². The largest absolute Gasteiger partial charge is 0.496 e. The minimum atomic E-state index is 0.250. The van der Waals surface area contributed by atoms with Gasteiger partial charge in [0, 0.05) is 18.1 Å². The number of H-pyrrole nitrogens is 1. The summed E-state index contributed by atoms with van der Waals surface area (Å²) in [6, 6.07) is 5.69. The van der Waals surface area contributed by atoms with Gasteiger partial charge in [-0.15, -0.1) is 0 Å². The number of ether oxygens (including phenoxy) is 2. The molecular weight excluding hydrogens is 346 g/mol. The summed E-state index contributed by atoms with van der Waals surface area (Å²) in [6.45, 7) is 0. The van der Waals surface area contributed by atoms with Gasteiger partial charge in [-0.05, 0) is 12.8 Å². The van der Waals surface area contributed by atoms with Gasteiger partial charge in [-0.3, -0.25) is 5.10 Å². The van der Waals surface area contributed by atoms with E-state index in [0.717, 1.165) is 18.5 Å². The third kappa shape index (κ3) is 3.37. The highest BCUT2D eigenvalue weighted by Gasteiger charge is 2.28. The van der Waals surface area contributed by atoms with Crippen molar-refractivity contribution >= 4 is 11.6 Å². The zero-order valence-corrected chi connectivity index (χ0v) is 14.9. The summed E-state index contributed by atoms with van der Waals surface area (Å²) >= 11 is 0. The van der Waals surface area contributed by atoms with E-state index >= 15 is 0 Å². The monoisotopic (exact) mass is 363 g/mol. The summed E-state index contributed by atoms with van der Waals surface area (Å²) in [4.78, 5) is 12.7. The third-order valence-electron chi connectivity index (χ3n) is 4.25. The Morgan fingerprint density at radius 1 is 1.15 bits per heavy atom. The summed E-state index contributed by atoms with van der Waals surface area (Å²) in [7, 11) is 3.21. The molecule has 0 radical (unpaired) electrons. The molecule has 0 saturated heterocycles. The van der Waals surface area contributed by atoms with Crippen LogP contribution in [0.4, 0.5) is 11.6 Å². The van der Waals surface area contributed by atoms with Gasteiger partial charge in [0.05, 0.1) is 38.0 Å². The highest BCUT2D eigenvalue weighted by atomic mass is 16.5. The first kappa shape index (κ1) is 16.8. The van der Waals surface area contributed by atoms with Crippen molar-refractivity contribution in [3.05, 3.63) is 35.9 Å². The fourth-order valence-corrected chi connectivity index (χ4v) is 2.76. The Kier molecular flexibility index (Phi) is 4.30. The van der Waals surface area contributed by atoms with E-state index in [2.05, 4.69) is 30.5 Å². The van der Waals surface area contributed by atoms with Crippen molar-refractivity contribution in [1.82, 2.24) is 25.1 Å². The topological polar surface area (TPSA) is 122 Å². The summed E-state index contributed by atoms with van der Waals surface area (Å²) in [5.74, 6) is 2.67. The Bertz CT molecular complexity index is 978. The van der Waals surface area contributed by atoms with Crippen molar-refractivity contribution in [3.8, 4) is 29.0 Å². The number of nitrogens with zero attached hydrogens (tertiary/aromatic N) is 5. The molecule has 1 saturated carbocycles. The third-order valence-corrected chi connectivity index (χ3v) is 4.25. The number of nitrogens with one attached hydrogen (secondary N) is 2. The lowest BCUT2D eigenvalue weighted by molar-refractivity contribution is 0.383. The lowest BCUT2D eigenvalue weighted by atomic mass is 10.1. The van der Waals surface area contributed by atoms with Crippen LogP contribution < -0.4 is 14.8 Å². The highest BCUT2D eigenvalue weighted by molar-refractivity contribution is 5.75. The van der Waals surface area contributed by atoms with E-state index < -0.39 is 0 Å². The number of methoxy groups -OCH3 is 2. The molecule has 1 aliphatic rings. The molecule has 0 amide bonds. The van der Waals surface area contributed by atoms with Gasteiger partial charge in [0.25, 0.3) is 0 Å². The number of hydrogen-bond acceptors (Lipinski definition) is 8. The van der Waals surface area contributed by atoms with E-state index in [1.165, 1.54) is 12.4 Å². The summed E-state index contributed by atoms with van der Waals surface area (Å²) in [5, 5.41) is 19.0. The number of pyridine rings is 1. The average Bonchev–Trinajstić information content (AvgIpc) is 3.47. The number of anilines is 2. The van der Waals surface area contributed by atoms with Gasteiger partial charge < -0.3 is 14.8 Å². The lowest BCUT2D eigenvalue weighted by Gasteiger charge is -2.13. The molecule has 0 bridgehead atoms. The van der Waals surface area contributed by atoms with E-state index in [1.54, 1.807) is 20.3 Å². The molecular formula is C18H17N7O2. The number of rotatable bonds is 6. The van der Waals surface area contributed by atoms with Crippen molar-refractivity contribution in [2.75, 3.05) is 19.5 Å². The maximum absolute atomic E-state index is 8.78. The van der Waals surface area contributed by atoms with Crippen LogP contribution in [0.3, 0.4) is 0 Å². The zero-order valence-electron chi connectivity index (χ0n) is 14.9. The first-order valence-electron chi connectivity index (χ1n) is 8.39. The van der Waals surface area contributed by atoms with Crippen LogP contribution in [0.25, 0.3) is 11.3 Å². The van der Waals surface area contributed by atoms with Crippen LogP contribution >= 0.6 is 0 Å². The molecule has 4 rings (SSSR count). The van der Waals surface area contributed by atoms with Crippen molar-refractivity contribution in [1.29, 1.82) is 5.26 Å². The molecule has 3 aromatic rings. The second-order valence-electron chi connectivity index (χ2n) is 6.10. The number of hydrogen-bond donors (Lipinski definition) is 2. The van der Waals surface area contributed by atoms with Crippen LogP contribution in [0.2, 0.25) is 0 Å². The first-order chi connectivity index (χ1) is 13.2. The molecule has 0 aliphatic heterocycles. The molecule has 1 aliphatic carbocycles. The van der Waals surface area contributed by atoms with E-state index in [9.17, 15) is 0 Å². The maximum Gasteiger partial charge on any atom is 0.226 e. The molecule has 136 valence electrons. The molecule has 0 spiro atoms. The molecule has 3 aromatic heterocycles. The van der Waals surface area contributed by atoms with Crippen LogP contribution in [-0.2, 0) is 0 Å². The highest BCUT2D eigenvalue weighted by Crippen LogP contribution is 2.44. The first-order valence-corrected chi connectivity index (χ1v) is 8.39. The van der Waals surface area contributed by atoms with Crippen molar-refractivity contribution in [2.45, 2.75) is 18.8 Å². The molecule has 9 nitrogen and oxygen atoms in total. The van der Waals surface area contributed by atoms with E-state index in [-0.39, 0.29) is 5.69 Å². The molecule has 0 aromatic carbocycles. The quantitative estimate of drug-likeness (QED) is 0.685. The molecule has 3 heterocycles. The Morgan fingerprint density at radius 3 is 2.63 bits per heavy atom. The summed E-state index contributed by atoms with van der Waals surface area (Å²) in [5.41, 5.74) is 2.64. The SMILES string of the molecule is COc1cc(C2CC2)nc(OC)c1-c1cc(Nc2cnc(C#N)cn2)n[nH]1. The van der Waals surface area contributed by atoms with Gasteiger partial charge in [-0.2, -0.15) is 10.4 Å². The van der Waals surface area contributed by atoms with Crippen LogP contribution in [0.15, 0.2) is 24.5 Å². The number of aromatic amines is 1. The number of nitriles is 1. The Labute approximate surface area is 155 Å². The second-order valence-corrected chi connectivity index (χ2v) is 6.10. The Morgan fingerprint density at radius 2 is 2.00 bits per heavy atom. The Balaban J connectivity index is 1.65. The van der Waals surface area contributed by atoms with E-state index in [0.29, 0.717) is 40.4 Å². The fraction of sp³-hybridized carbons (Fsp3) is 0.278. The molecule has 0 unspecified atom stereocenters.